The van der Waals surface area contributed by atoms with E-state index in [0.717, 1.165) is 24.1 Å². The number of benzene rings is 1. The summed E-state index contributed by atoms with van der Waals surface area (Å²) in [5, 5.41) is 15.4. The Hall–Kier alpha value is -1.03. The van der Waals surface area contributed by atoms with Crippen molar-refractivity contribution >= 4 is 23.2 Å². The van der Waals surface area contributed by atoms with Crippen molar-refractivity contribution < 1.29 is 5.11 Å². The Morgan fingerprint density at radius 2 is 2.11 bits per heavy atom. The van der Waals surface area contributed by atoms with Crippen LogP contribution in [0.1, 0.15) is 30.6 Å². The first-order chi connectivity index (χ1) is 9.10. The third kappa shape index (κ3) is 3.72. The highest BCUT2D eigenvalue weighted by Crippen LogP contribution is 2.25. The number of aromatic nitrogens is 2. The van der Waals surface area contributed by atoms with E-state index < -0.39 is 6.10 Å². The fraction of sp³-hybridized carbons (Fsp3) is 0.357. The first kappa shape index (κ1) is 14.4. The van der Waals surface area contributed by atoms with E-state index in [0.29, 0.717) is 16.5 Å². The van der Waals surface area contributed by atoms with E-state index >= 15 is 0 Å². The van der Waals surface area contributed by atoms with Crippen LogP contribution in [0.25, 0.3) is 0 Å². The van der Waals surface area contributed by atoms with Crippen LogP contribution >= 0.6 is 23.2 Å². The summed E-state index contributed by atoms with van der Waals surface area (Å²) in [6, 6.07) is 5.39. The van der Waals surface area contributed by atoms with Crippen molar-refractivity contribution in [2.24, 2.45) is 0 Å². The maximum atomic E-state index is 10.2. The van der Waals surface area contributed by atoms with Gasteiger partial charge in [-0.25, -0.2) is 0 Å². The summed E-state index contributed by atoms with van der Waals surface area (Å²) in [6.07, 6.45) is 4.52. The highest BCUT2D eigenvalue weighted by Gasteiger charge is 2.12. The molecule has 1 aromatic carbocycles. The van der Waals surface area contributed by atoms with Crippen molar-refractivity contribution in [3.05, 3.63) is 51.8 Å². The Kier molecular flexibility index (Phi) is 4.86. The van der Waals surface area contributed by atoms with Gasteiger partial charge in [-0.15, -0.1) is 0 Å². The minimum atomic E-state index is -0.581. The van der Waals surface area contributed by atoms with Crippen LogP contribution in [0.5, 0.6) is 0 Å². The summed E-state index contributed by atoms with van der Waals surface area (Å²) in [5.74, 6) is 0. The highest BCUT2D eigenvalue weighted by atomic mass is 35.5. The van der Waals surface area contributed by atoms with Gasteiger partial charge in [-0.3, -0.25) is 4.68 Å². The van der Waals surface area contributed by atoms with Crippen LogP contribution in [-0.2, 0) is 13.0 Å². The van der Waals surface area contributed by atoms with Crippen LogP contribution in [0.2, 0.25) is 10.0 Å². The van der Waals surface area contributed by atoms with E-state index in [1.165, 1.54) is 0 Å². The average molecular weight is 299 g/mol. The second-order valence-electron chi connectivity index (χ2n) is 4.51. The lowest BCUT2D eigenvalue weighted by molar-refractivity contribution is 0.178. The molecule has 0 saturated heterocycles. The van der Waals surface area contributed by atoms with E-state index in [2.05, 4.69) is 12.0 Å². The SMILES string of the molecule is CCCn1cc(C(O)Cc2ccc(Cl)c(Cl)c2)cn1. The van der Waals surface area contributed by atoms with Gasteiger partial charge in [-0.05, 0) is 24.1 Å². The summed E-state index contributed by atoms with van der Waals surface area (Å²) >= 11 is 11.8. The molecule has 5 heteroatoms. The van der Waals surface area contributed by atoms with Crippen molar-refractivity contribution in [2.75, 3.05) is 0 Å². The molecule has 0 aliphatic rings. The molecule has 0 saturated carbocycles. The van der Waals surface area contributed by atoms with Gasteiger partial charge in [0.1, 0.15) is 0 Å². The van der Waals surface area contributed by atoms with Gasteiger partial charge < -0.3 is 5.11 Å². The van der Waals surface area contributed by atoms with Gasteiger partial charge in [0, 0.05) is 24.7 Å². The molecular formula is C14H16Cl2N2O. The predicted molar refractivity (Wildman–Crippen MR) is 77.6 cm³/mol. The van der Waals surface area contributed by atoms with Gasteiger partial charge in [0.15, 0.2) is 0 Å². The average Bonchev–Trinajstić information content (AvgIpc) is 2.83. The monoisotopic (exact) mass is 298 g/mol. The van der Waals surface area contributed by atoms with Crippen molar-refractivity contribution in [3.63, 3.8) is 0 Å². The quantitative estimate of drug-likeness (QED) is 0.910. The van der Waals surface area contributed by atoms with E-state index in [1.54, 1.807) is 18.3 Å². The minimum Gasteiger partial charge on any atom is -0.388 e. The summed E-state index contributed by atoms with van der Waals surface area (Å²) in [4.78, 5) is 0. The Morgan fingerprint density at radius 1 is 1.32 bits per heavy atom. The van der Waals surface area contributed by atoms with Crippen LogP contribution in [0.4, 0.5) is 0 Å². The van der Waals surface area contributed by atoms with Gasteiger partial charge in [-0.2, -0.15) is 5.10 Å². The van der Waals surface area contributed by atoms with Crippen LogP contribution in [0.15, 0.2) is 30.6 Å². The number of aryl methyl sites for hydroxylation is 1. The normalized spacial score (nSPS) is 12.6. The molecule has 3 nitrogen and oxygen atoms in total. The van der Waals surface area contributed by atoms with Gasteiger partial charge in [0.25, 0.3) is 0 Å². The molecule has 19 heavy (non-hydrogen) atoms. The number of nitrogens with zero attached hydrogens (tertiary/aromatic N) is 2. The second-order valence-corrected chi connectivity index (χ2v) is 5.32. The number of aliphatic hydroxyl groups is 1. The zero-order chi connectivity index (χ0) is 13.8. The van der Waals surface area contributed by atoms with Gasteiger partial charge in [0.2, 0.25) is 0 Å². The van der Waals surface area contributed by atoms with Crippen LogP contribution in [0.3, 0.4) is 0 Å². The first-order valence-electron chi connectivity index (χ1n) is 6.24. The second kappa shape index (κ2) is 6.42. The first-order valence-corrected chi connectivity index (χ1v) is 7.00. The zero-order valence-corrected chi connectivity index (χ0v) is 12.2. The Bertz CT molecular complexity index is 554. The summed E-state index contributed by atoms with van der Waals surface area (Å²) in [5.41, 5.74) is 1.77. The molecule has 102 valence electrons. The van der Waals surface area contributed by atoms with Crippen molar-refractivity contribution in [1.82, 2.24) is 9.78 Å². The molecule has 2 aromatic rings. The molecule has 1 atom stereocenters. The Balaban J connectivity index is 2.06. The van der Waals surface area contributed by atoms with Crippen LogP contribution in [0, 0.1) is 0 Å². The molecule has 0 spiro atoms. The molecule has 1 N–H and O–H groups in total. The molecule has 0 fully saturated rings. The van der Waals surface area contributed by atoms with Crippen molar-refractivity contribution in [3.8, 4) is 0 Å². The third-order valence-corrected chi connectivity index (χ3v) is 3.64. The van der Waals surface area contributed by atoms with Crippen molar-refractivity contribution in [1.29, 1.82) is 0 Å². The molecule has 0 aliphatic heterocycles. The lowest BCUT2D eigenvalue weighted by Crippen LogP contribution is -2.01. The maximum Gasteiger partial charge on any atom is 0.0860 e. The standard InChI is InChI=1S/C14H16Cl2N2O/c1-2-5-18-9-11(8-17-18)14(19)7-10-3-4-12(15)13(16)6-10/h3-4,6,8-9,14,19H,2,5,7H2,1H3. The van der Waals surface area contributed by atoms with E-state index in [9.17, 15) is 5.11 Å². The Labute approximate surface area is 122 Å². The summed E-state index contributed by atoms with van der Waals surface area (Å²) in [6.45, 7) is 2.95. The molecule has 1 aromatic heterocycles. The van der Waals surface area contributed by atoms with Crippen molar-refractivity contribution in [2.45, 2.75) is 32.4 Å². The smallest absolute Gasteiger partial charge is 0.0860 e. The zero-order valence-electron chi connectivity index (χ0n) is 10.7. The molecule has 0 bridgehead atoms. The fourth-order valence-electron chi connectivity index (χ4n) is 1.91. The van der Waals surface area contributed by atoms with Crippen LogP contribution < -0.4 is 0 Å². The molecular weight excluding hydrogens is 283 g/mol. The number of rotatable bonds is 5. The minimum absolute atomic E-state index is 0.495. The number of hydrogen-bond acceptors (Lipinski definition) is 2. The fourth-order valence-corrected chi connectivity index (χ4v) is 2.23. The Morgan fingerprint density at radius 3 is 2.79 bits per heavy atom. The van der Waals surface area contributed by atoms with Crippen LogP contribution in [-0.4, -0.2) is 14.9 Å². The summed E-state index contributed by atoms with van der Waals surface area (Å²) in [7, 11) is 0. The molecule has 2 rings (SSSR count). The molecule has 0 amide bonds. The number of hydrogen-bond donors (Lipinski definition) is 1. The molecule has 0 aliphatic carbocycles. The largest absolute Gasteiger partial charge is 0.388 e. The topological polar surface area (TPSA) is 38.0 Å². The maximum absolute atomic E-state index is 10.2. The molecule has 1 unspecified atom stereocenters. The molecule has 0 radical (unpaired) electrons. The summed E-state index contributed by atoms with van der Waals surface area (Å²) < 4.78 is 1.84. The van der Waals surface area contributed by atoms with E-state index in [1.807, 2.05) is 16.9 Å². The number of halogens is 2. The van der Waals surface area contributed by atoms with Gasteiger partial charge in [-0.1, -0.05) is 36.2 Å². The van der Waals surface area contributed by atoms with E-state index in [-0.39, 0.29) is 0 Å². The third-order valence-electron chi connectivity index (χ3n) is 2.90. The lowest BCUT2D eigenvalue weighted by Gasteiger charge is -2.09. The predicted octanol–water partition coefficient (Wildman–Crippen LogP) is 3.88. The highest BCUT2D eigenvalue weighted by molar-refractivity contribution is 6.42. The molecule has 1 heterocycles. The van der Waals surface area contributed by atoms with E-state index in [4.69, 9.17) is 23.2 Å². The lowest BCUT2D eigenvalue weighted by atomic mass is 10.0. The number of aliphatic hydroxyl groups excluding tert-OH is 1. The van der Waals surface area contributed by atoms with Gasteiger partial charge in [0.05, 0.1) is 22.3 Å². The van der Waals surface area contributed by atoms with Gasteiger partial charge >= 0.3 is 0 Å².